The van der Waals surface area contributed by atoms with Gasteiger partial charge >= 0.3 is 11.8 Å². The topological polar surface area (TPSA) is 101 Å². The summed E-state index contributed by atoms with van der Waals surface area (Å²) in [6, 6.07) is 13.6. The first-order valence-electron chi connectivity index (χ1n) is 9.90. The van der Waals surface area contributed by atoms with Crippen molar-refractivity contribution in [2.75, 3.05) is 11.9 Å². The number of amides is 2. The van der Waals surface area contributed by atoms with E-state index in [4.69, 9.17) is 4.42 Å². The van der Waals surface area contributed by atoms with Crippen molar-refractivity contribution in [3.63, 3.8) is 0 Å². The molecule has 0 spiro atoms. The van der Waals surface area contributed by atoms with E-state index in [0.29, 0.717) is 18.1 Å². The molecular weight excluding hydrogens is 382 g/mol. The number of nitrogens with one attached hydrogen (secondary N) is 1. The number of anilines is 1. The molecule has 2 fully saturated rings. The standard InChI is InChI=1S/C22H19N5O3/c1-21-15-13-9-6-10-23-17(13)27(2)20(29)22(21,16(15)21)24-18(28)19-26-25-14(30-19)11-12-7-4-3-5-8-12/h3-10,15-16H,11H2,1-2H3,(H,24,28)/t15-,16+,21+,22+/m0/s1. The largest absolute Gasteiger partial charge is 0.417 e. The Morgan fingerprint density at radius 3 is 2.73 bits per heavy atom. The molecule has 0 radical (unpaired) electrons. The van der Waals surface area contributed by atoms with Crippen LogP contribution in [0.2, 0.25) is 0 Å². The minimum atomic E-state index is -0.946. The molecule has 8 heteroatoms. The fourth-order valence-corrected chi connectivity index (χ4v) is 5.43. The van der Waals surface area contributed by atoms with E-state index >= 15 is 0 Å². The van der Waals surface area contributed by atoms with E-state index in [-0.39, 0.29) is 29.0 Å². The summed E-state index contributed by atoms with van der Waals surface area (Å²) < 4.78 is 5.58. The Morgan fingerprint density at radius 2 is 1.97 bits per heavy atom. The van der Waals surface area contributed by atoms with E-state index in [9.17, 15) is 9.59 Å². The lowest BCUT2D eigenvalue weighted by Gasteiger charge is -2.28. The normalized spacial score (nSPS) is 30.2. The second-order valence-corrected chi connectivity index (χ2v) is 8.44. The number of fused-ring (bicyclic) bond motifs is 1. The van der Waals surface area contributed by atoms with Crippen molar-refractivity contribution in [3.8, 4) is 0 Å². The third kappa shape index (κ3) is 1.98. The molecule has 7 rings (SSSR count). The molecule has 4 heterocycles. The van der Waals surface area contributed by atoms with E-state index in [1.54, 1.807) is 18.1 Å². The van der Waals surface area contributed by atoms with Gasteiger partial charge in [-0.1, -0.05) is 43.3 Å². The van der Waals surface area contributed by atoms with Crippen molar-refractivity contribution in [1.82, 2.24) is 20.5 Å². The molecule has 1 aromatic carbocycles. The van der Waals surface area contributed by atoms with Gasteiger partial charge in [-0.25, -0.2) is 4.98 Å². The highest BCUT2D eigenvalue weighted by Gasteiger charge is 2.98. The summed E-state index contributed by atoms with van der Waals surface area (Å²) in [6.07, 6.45) is 2.12. The quantitative estimate of drug-likeness (QED) is 0.717. The van der Waals surface area contributed by atoms with Crippen LogP contribution in [0, 0.1) is 11.3 Å². The molecule has 8 nitrogen and oxygen atoms in total. The van der Waals surface area contributed by atoms with Crippen molar-refractivity contribution in [1.29, 1.82) is 0 Å². The Labute approximate surface area is 172 Å². The van der Waals surface area contributed by atoms with Crippen LogP contribution in [0.25, 0.3) is 0 Å². The molecule has 2 bridgehead atoms. The molecule has 150 valence electrons. The molecule has 1 N–H and O–H groups in total. The zero-order valence-electron chi connectivity index (χ0n) is 16.5. The van der Waals surface area contributed by atoms with Crippen LogP contribution in [0.5, 0.6) is 0 Å². The maximum Gasteiger partial charge on any atom is 0.309 e. The number of rotatable bonds is 4. The number of hydrogen-bond donors (Lipinski definition) is 1. The number of likely N-dealkylation sites (N-methyl/N-ethyl adjacent to an activating group) is 1. The first-order chi connectivity index (χ1) is 14.5. The van der Waals surface area contributed by atoms with Crippen LogP contribution in [-0.2, 0) is 11.2 Å². The number of nitrogens with zero attached hydrogens (tertiary/aromatic N) is 4. The highest BCUT2D eigenvalue weighted by molar-refractivity contribution is 6.11. The molecular formula is C22H19N5O3. The number of aromatic nitrogens is 3. The zero-order chi connectivity index (χ0) is 20.7. The van der Waals surface area contributed by atoms with Crippen LogP contribution in [0.1, 0.15) is 40.5 Å². The van der Waals surface area contributed by atoms with Gasteiger partial charge in [-0.2, -0.15) is 0 Å². The highest BCUT2D eigenvalue weighted by atomic mass is 16.4. The van der Waals surface area contributed by atoms with Gasteiger partial charge in [-0.05, 0) is 17.2 Å². The van der Waals surface area contributed by atoms with E-state index in [1.807, 2.05) is 49.4 Å². The Balaban J connectivity index is 1.25. The fraction of sp³-hybridized carbons (Fsp3) is 0.318. The van der Waals surface area contributed by atoms with Crippen LogP contribution in [-0.4, -0.2) is 39.6 Å². The number of carbonyl (C=O) groups excluding carboxylic acids is 2. The first-order valence-corrected chi connectivity index (χ1v) is 9.90. The van der Waals surface area contributed by atoms with Crippen LogP contribution in [0.4, 0.5) is 5.82 Å². The van der Waals surface area contributed by atoms with Crippen LogP contribution < -0.4 is 10.2 Å². The second kappa shape index (κ2) is 5.53. The van der Waals surface area contributed by atoms with E-state index in [0.717, 1.165) is 11.1 Å². The summed E-state index contributed by atoms with van der Waals surface area (Å²) in [5.74, 6) is 0.494. The van der Waals surface area contributed by atoms with Crippen molar-refractivity contribution in [2.24, 2.45) is 11.3 Å². The lowest BCUT2D eigenvalue weighted by Crippen LogP contribution is -2.56. The molecule has 0 unspecified atom stereocenters. The summed E-state index contributed by atoms with van der Waals surface area (Å²) >= 11 is 0. The molecule has 30 heavy (non-hydrogen) atoms. The third-order valence-corrected chi connectivity index (χ3v) is 7.03. The molecule has 2 aliphatic heterocycles. The fourth-order valence-electron chi connectivity index (χ4n) is 5.43. The Bertz CT molecular complexity index is 1210. The molecule has 4 atom stereocenters. The molecule has 2 amide bonds. The van der Waals surface area contributed by atoms with Crippen LogP contribution in [0.15, 0.2) is 53.1 Å². The molecule has 2 aromatic heterocycles. The van der Waals surface area contributed by atoms with Crippen molar-refractivity contribution in [2.45, 2.75) is 24.8 Å². The number of benzene rings is 1. The minimum Gasteiger partial charge on any atom is -0.417 e. The minimum absolute atomic E-state index is 0.0565. The van der Waals surface area contributed by atoms with Crippen molar-refractivity contribution in [3.05, 3.63) is 71.6 Å². The van der Waals surface area contributed by atoms with E-state index in [1.165, 1.54) is 0 Å². The maximum absolute atomic E-state index is 13.3. The lowest BCUT2D eigenvalue weighted by atomic mass is 9.86. The Morgan fingerprint density at radius 1 is 1.20 bits per heavy atom. The lowest BCUT2D eigenvalue weighted by molar-refractivity contribution is -0.123. The van der Waals surface area contributed by atoms with Crippen LogP contribution in [0.3, 0.4) is 0 Å². The monoisotopic (exact) mass is 401 g/mol. The zero-order valence-corrected chi connectivity index (χ0v) is 16.5. The highest BCUT2D eigenvalue weighted by Crippen LogP contribution is 2.91. The van der Waals surface area contributed by atoms with E-state index in [2.05, 4.69) is 20.5 Å². The molecule has 2 aliphatic carbocycles. The molecule has 2 saturated carbocycles. The SMILES string of the molecule is CN1C(=O)[C@]2(NC(=O)c3nnc(Cc4ccccc4)o3)[C@@H]3[C@H](c4cccnc41)[C@]32C. The van der Waals surface area contributed by atoms with Crippen molar-refractivity contribution < 1.29 is 14.0 Å². The summed E-state index contributed by atoms with van der Waals surface area (Å²) in [4.78, 5) is 32.2. The Kier molecular flexibility index (Phi) is 3.19. The van der Waals surface area contributed by atoms with Gasteiger partial charge < -0.3 is 9.73 Å². The van der Waals surface area contributed by atoms with Gasteiger partial charge in [0.15, 0.2) is 0 Å². The molecule has 0 saturated heterocycles. The predicted molar refractivity (Wildman–Crippen MR) is 106 cm³/mol. The van der Waals surface area contributed by atoms with Gasteiger partial charge in [0, 0.05) is 30.5 Å². The first kappa shape index (κ1) is 17.3. The third-order valence-electron chi connectivity index (χ3n) is 7.03. The van der Waals surface area contributed by atoms with Gasteiger partial charge in [-0.15, -0.1) is 10.2 Å². The average molecular weight is 401 g/mol. The van der Waals surface area contributed by atoms with Crippen LogP contribution >= 0.6 is 0 Å². The summed E-state index contributed by atoms with van der Waals surface area (Å²) in [5, 5.41) is 10.8. The van der Waals surface area contributed by atoms with Gasteiger partial charge in [0.2, 0.25) is 5.89 Å². The van der Waals surface area contributed by atoms with Gasteiger partial charge in [-0.3, -0.25) is 14.5 Å². The number of hydrogen-bond acceptors (Lipinski definition) is 6. The summed E-state index contributed by atoms with van der Waals surface area (Å²) in [5.41, 5.74) is 0.815. The summed E-state index contributed by atoms with van der Waals surface area (Å²) in [6.45, 7) is 2.05. The van der Waals surface area contributed by atoms with E-state index < -0.39 is 11.4 Å². The summed E-state index contributed by atoms with van der Waals surface area (Å²) in [7, 11) is 1.70. The Hall–Kier alpha value is -3.55. The average Bonchev–Trinajstić information content (AvgIpc) is 3.45. The van der Waals surface area contributed by atoms with Gasteiger partial charge in [0.1, 0.15) is 11.4 Å². The predicted octanol–water partition coefficient (Wildman–Crippen LogP) is 1.93. The maximum atomic E-state index is 13.3. The molecule has 3 aromatic rings. The molecule has 4 aliphatic rings. The van der Waals surface area contributed by atoms with Gasteiger partial charge in [0.05, 0.1) is 6.42 Å². The smallest absolute Gasteiger partial charge is 0.309 e. The van der Waals surface area contributed by atoms with Crippen molar-refractivity contribution >= 4 is 17.6 Å². The second-order valence-electron chi connectivity index (χ2n) is 8.44. The number of carbonyl (C=O) groups is 2. The van der Waals surface area contributed by atoms with Gasteiger partial charge in [0.25, 0.3) is 5.91 Å². The number of pyridine rings is 1.